The lowest BCUT2D eigenvalue weighted by atomic mass is 10.2. The summed E-state index contributed by atoms with van der Waals surface area (Å²) in [6, 6.07) is 4.14. The minimum Gasteiger partial charge on any atom is -0.370 e. The second-order valence-corrected chi connectivity index (χ2v) is 3.69. The summed E-state index contributed by atoms with van der Waals surface area (Å²) in [7, 11) is 0. The maximum atomic E-state index is 4.34. The van der Waals surface area contributed by atoms with Gasteiger partial charge in [0.25, 0.3) is 0 Å². The van der Waals surface area contributed by atoms with Gasteiger partial charge >= 0.3 is 0 Å². The Labute approximate surface area is 79.4 Å². The van der Waals surface area contributed by atoms with Crippen LogP contribution >= 0.6 is 0 Å². The van der Waals surface area contributed by atoms with Crippen LogP contribution in [0.1, 0.15) is 25.3 Å². The van der Waals surface area contributed by atoms with E-state index >= 15 is 0 Å². The van der Waals surface area contributed by atoms with Crippen molar-refractivity contribution < 1.29 is 0 Å². The van der Waals surface area contributed by atoms with Crippen molar-refractivity contribution in [2.45, 2.75) is 26.2 Å². The van der Waals surface area contributed by atoms with Crippen molar-refractivity contribution in [2.75, 3.05) is 11.9 Å². The first-order valence-corrected chi connectivity index (χ1v) is 5.08. The summed E-state index contributed by atoms with van der Waals surface area (Å²) >= 11 is 0. The van der Waals surface area contributed by atoms with E-state index in [0.717, 1.165) is 24.7 Å². The molecule has 0 atom stereocenters. The van der Waals surface area contributed by atoms with Gasteiger partial charge in [-0.2, -0.15) is 0 Å². The molecular formula is C11H16N2. The normalized spacial score (nSPS) is 15.8. The Bertz CT molecular complexity index is 279. The lowest BCUT2D eigenvalue weighted by Crippen LogP contribution is -2.06. The van der Waals surface area contributed by atoms with Gasteiger partial charge in [0.1, 0.15) is 5.82 Å². The van der Waals surface area contributed by atoms with E-state index in [1.54, 1.807) is 0 Å². The molecule has 0 aromatic carbocycles. The molecule has 1 aromatic heterocycles. The number of aromatic nitrogens is 1. The highest BCUT2D eigenvalue weighted by molar-refractivity contribution is 5.43. The molecule has 2 nitrogen and oxygen atoms in total. The highest BCUT2D eigenvalue weighted by atomic mass is 15.0. The summed E-state index contributed by atoms with van der Waals surface area (Å²) in [5.74, 6) is 1.99. The van der Waals surface area contributed by atoms with E-state index in [-0.39, 0.29) is 0 Å². The fraction of sp³-hybridized carbons (Fsp3) is 0.545. The molecule has 0 radical (unpaired) electrons. The van der Waals surface area contributed by atoms with Crippen LogP contribution in [0.5, 0.6) is 0 Å². The van der Waals surface area contributed by atoms with E-state index in [1.165, 1.54) is 18.4 Å². The molecule has 1 aliphatic rings. The maximum Gasteiger partial charge on any atom is 0.129 e. The summed E-state index contributed by atoms with van der Waals surface area (Å²) in [4.78, 5) is 4.34. The van der Waals surface area contributed by atoms with E-state index in [4.69, 9.17) is 0 Å². The highest BCUT2D eigenvalue weighted by Crippen LogP contribution is 2.29. The van der Waals surface area contributed by atoms with Crippen molar-refractivity contribution in [2.24, 2.45) is 5.92 Å². The van der Waals surface area contributed by atoms with Crippen molar-refractivity contribution in [3.63, 3.8) is 0 Å². The van der Waals surface area contributed by atoms with E-state index < -0.39 is 0 Å². The third kappa shape index (κ3) is 2.20. The molecule has 0 unspecified atom stereocenters. The highest BCUT2D eigenvalue weighted by Gasteiger charge is 2.20. The van der Waals surface area contributed by atoms with Gasteiger partial charge in [-0.1, -0.05) is 13.0 Å². The first-order chi connectivity index (χ1) is 6.40. The van der Waals surface area contributed by atoms with Crippen LogP contribution in [0.25, 0.3) is 0 Å². The number of hydrogen-bond acceptors (Lipinski definition) is 2. The van der Waals surface area contributed by atoms with E-state index in [1.807, 2.05) is 12.3 Å². The Morgan fingerprint density at radius 1 is 1.54 bits per heavy atom. The monoisotopic (exact) mass is 176 g/mol. The van der Waals surface area contributed by atoms with Crippen molar-refractivity contribution in [3.8, 4) is 0 Å². The zero-order chi connectivity index (χ0) is 9.10. The molecule has 2 rings (SSSR count). The quantitative estimate of drug-likeness (QED) is 0.762. The SMILES string of the molecule is CCc1cccnc1NCC1CC1. The molecule has 13 heavy (non-hydrogen) atoms. The van der Waals surface area contributed by atoms with Gasteiger partial charge in [-0.05, 0) is 36.8 Å². The smallest absolute Gasteiger partial charge is 0.129 e. The zero-order valence-electron chi connectivity index (χ0n) is 8.09. The summed E-state index contributed by atoms with van der Waals surface area (Å²) in [5, 5.41) is 3.42. The zero-order valence-corrected chi connectivity index (χ0v) is 8.09. The van der Waals surface area contributed by atoms with E-state index in [9.17, 15) is 0 Å². The standard InChI is InChI=1S/C11H16N2/c1-2-10-4-3-7-12-11(10)13-8-9-5-6-9/h3-4,7,9H,2,5-6,8H2,1H3,(H,12,13). The molecule has 70 valence electrons. The number of nitrogens with zero attached hydrogens (tertiary/aromatic N) is 1. The Kier molecular flexibility index (Phi) is 2.48. The average Bonchev–Trinajstić information content (AvgIpc) is 2.99. The van der Waals surface area contributed by atoms with Gasteiger partial charge in [-0.3, -0.25) is 0 Å². The third-order valence-corrected chi connectivity index (χ3v) is 2.53. The van der Waals surface area contributed by atoms with E-state index in [2.05, 4.69) is 23.3 Å². The predicted molar refractivity (Wildman–Crippen MR) is 54.8 cm³/mol. The van der Waals surface area contributed by atoms with Gasteiger partial charge in [0.05, 0.1) is 0 Å². The first kappa shape index (κ1) is 8.54. The third-order valence-electron chi connectivity index (χ3n) is 2.53. The Morgan fingerprint density at radius 3 is 3.08 bits per heavy atom. The molecule has 1 N–H and O–H groups in total. The molecule has 0 bridgehead atoms. The Balaban J connectivity index is 1.99. The summed E-state index contributed by atoms with van der Waals surface area (Å²) in [6.07, 6.45) is 5.69. The fourth-order valence-corrected chi connectivity index (χ4v) is 1.45. The van der Waals surface area contributed by atoms with Gasteiger partial charge in [0.15, 0.2) is 0 Å². The first-order valence-electron chi connectivity index (χ1n) is 5.08. The van der Waals surface area contributed by atoms with Crippen molar-refractivity contribution in [1.29, 1.82) is 0 Å². The number of pyridine rings is 1. The summed E-state index contributed by atoms with van der Waals surface area (Å²) in [6.45, 7) is 3.27. The second-order valence-electron chi connectivity index (χ2n) is 3.69. The molecule has 1 aliphatic carbocycles. The van der Waals surface area contributed by atoms with Gasteiger partial charge in [-0.25, -0.2) is 4.98 Å². The largest absolute Gasteiger partial charge is 0.370 e. The van der Waals surface area contributed by atoms with Gasteiger partial charge in [-0.15, -0.1) is 0 Å². The lowest BCUT2D eigenvalue weighted by Gasteiger charge is -2.08. The summed E-state index contributed by atoms with van der Waals surface area (Å²) < 4.78 is 0. The minimum absolute atomic E-state index is 0.909. The van der Waals surface area contributed by atoms with Crippen LogP contribution in [-0.4, -0.2) is 11.5 Å². The molecule has 0 saturated heterocycles. The van der Waals surface area contributed by atoms with Crippen LogP contribution in [0.15, 0.2) is 18.3 Å². The molecule has 1 aromatic rings. The molecule has 1 heterocycles. The van der Waals surface area contributed by atoms with Gasteiger partial charge in [0, 0.05) is 12.7 Å². The number of anilines is 1. The maximum absolute atomic E-state index is 4.34. The van der Waals surface area contributed by atoms with Crippen molar-refractivity contribution >= 4 is 5.82 Å². The van der Waals surface area contributed by atoms with Crippen LogP contribution in [0.4, 0.5) is 5.82 Å². The minimum atomic E-state index is 0.909. The van der Waals surface area contributed by atoms with Gasteiger partial charge in [0.2, 0.25) is 0 Å². The number of rotatable bonds is 4. The molecule has 0 spiro atoms. The Hall–Kier alpha value is -1.05. The molecular weight excluding hydrogens is 160 g/mol. The molecule has 1 fully saturated rings. The number of nitrogens with one attached hydrogen (secondary N) is 1. The topological polar surface area (TPSA) is 24.9 Å². The molecule has 1 saturated carbocycles. The Morgan fingerprint density at radius 2 is 2.38 bits per heavy atom. The summed E-state index contributed by atoms with van der Waals surface area (Å²) in [5.41, 5.74) is 1.32. The van der Waals surface area contributed by atoms with Crippen LogP contribution in [-0.2, 0) is 6.42 Å². The lowest BCUT2D eigenvalue weighted by molar-refractivity contribution is 0.878. The predicted octanol–water partition coefficient (Wildman–Crippen LogP) is 2.47. The van der Waals surface area contributed by atoms with E-state index in [0.29, 0.717) is 0 Å². The number of hydrogen-bond donors (Lipinski definition) is 1. The van der Waals surface area contributed by atoms with Crippen LogP contribution < -0.4 is 5.32 Å². The van der Waals surface area contributed by atoms with Crippen LogP contribution in [0.3, 0.4) is 0 Å². The molecule has 0 amide bonds. The average molecular weight is 176 g/mol. The van der Waals surface area contributed by atoms with Crippen LogP contribution in [0.2, 0.25) is 0 Å². The van der Waals surface area contributed by atoms with Crippen molar-refractivity contribution in [1.82, 2.24) is 4.98 Å². The number of aryl methyl sites for hydroxylation is 1. The van der Waals surface area contributed by atoms with Gasteiger partial charge < -0.3 is 5.32 Å². The van der Waals surface area contributed by atoms with Crippen LogP contribution in [0, 0.1) is 5.92 Å². The molecule has 2 heteroatoms. The second kappa shape index (κ2) is 3.77. The van der Waals surface area contributed by atoms with Crippen molar-refractivity contribution in [3.05, 3.63) is 23.9 Å². The molecule has 0 aliphatic heterocycles. The fourth-order valence-electron chi connectivity index (χ4n) is 1.45.